The summed E-state index contributed by atoms with van der Waals surface area (Å²) in [5, 5.41) is 7.70. The lowest BCUT2D eigenvalue weighted by Gasteiger charge is -2.14. The molecule has 104 valence electrons. The van der Waals surface area contributed by atoms with Crippen molar-refractivity contribution in [3.8, 4) is 11.6 Å². The monoisotopic (exact) mass is 333 g/mol. The number of ether oxygens (including phenoxy) is 1. The summed E-state index contributed by atoms with van der Waals surface area (Å²) in [7, 11) is 0. The lowest BCUT2D eigenvalue weighted by molar-refractivity contribution is 0.456. The molecule has 4 nitrogen and oxygen atoms in total. The molecule has 20 heavy (non-hydrogen) atoms. The molecule has 0 aliphatic carbocycles. The van der Waals surface area contributed by atoms with E-state index in [1.165, 1.54) is 0 Å². The van der Waals surface area contributed by atoms with Crippen LogP contribution in [0.1, 0.15) is 22.4 Å². The van der Waals surface area contributed by atoms with E-state index in [2.05, 4.69) is 20.9 Å². The van der Waals surface area contributed by atoms with Gasteiger partial charge in [0.15, 0.2) is 0 Å². The van der Waals surface area contributed by atoms with Crippen LogP contribution in [0.3, 0.4) is 0 Å². The third-order valence-electron chi connectivity index (χ3n) is 2.94. The van der Waals surface area contributed by atoms with Crippen LogP contribution in [0.2, 0.25) is 0 Å². The van der Waals surface area contributed by atoms with Crippen molar-refractivity contribution >= 4 is 21.8 Å². The first-order valence-corrected chi connectivity index (χ1v) is 6.94. The van der Waals surface area contributed by atoms with Crippen LogP contribution in [-0.2, 0) is 0 Å². The summed E-state index contributed by atoms with van der Waals surface area (Å²) < 4.78 is 6.81. The molecular weight excluding hydrogens is 318 g/mol. The van der Waals surface area contributed by atoms with Crippen LogP contribution in [0.4, 0.5) is 0 Å². The minimum absolute atomic E-state index is 0.0438. The van der Waals surface area contributed by atoms with E-state index >= 15 is 0 Å². The van der Waals surface area contributed by atoms with Crippen molar-refractivity contribution in [2.75, 3.05) is 0 Å². The summed E-state index contributed by atoms with van der Waals surface area (Å²) in [4.78, 5) is 4.36. The molecule has 0 aliphatic heterocycles. The Morgan fingerprint density at radius 2 is 1.90 bits per heavy atom. The number of benzene rings is 1. The van der Waals surface area contributed by atoms with Crippen molar-refractivity contribution in [1.29, 1.82) is 5.41 Å². The molecule has 0 atom stereocenters. The van der Waals surface area contributed by atoms with Crippen LogP contribution < -0.4 is 10.5 Å². The number of pyridine rings is 1. The molecular formula is C15H16BrN3O. The number of rotatable bonds is 3. The first-order chi connectivity index (χ1) is 9.38. The van der Waals surface area contributed by atoms with Crippen molar-refractivity contribution in [3.05, 3.63) is 51.1 Å². The van der Waals surface area contributed by atoms with Gasteiger partial charge in [-0.05, 0) is 50.1 Å². The highest BCUT2D eigenvalue weighted by Gasteiger charge is 2.15. The Hall–Kier alpha value is -1.88. The van der Waals surface area contributed by atoms with Crippen molar-refractivity contribution < 1.29 is 4.74 Å². The number of halogens is 1. The van der Waals surface area contributed by atoms with E-state index < -0.39 is 0 Å². The molecule has 0 fully saturated rings. The van der Waals surface area contributed by atoms with Crippen molar-refractivity contribution in [2.45, 2.75) is 20.8 Å². The summed E-state index contributed by atoms with van der Waals surface area (Å²) in [6.45, 7) is 5.74. The number of nitrogens with two attached hydrogens (primary N) is 1. The third-order valence-corrected chi connectivity index (χ3v) is 3.43. The van der Waals surface area contributed by atoms with Gasteiger partial charge in [0.1, 0.15) is 11.6 Å². The smallest absolute Gasteiger partial charge is 0.230 e. The molecule has 5 heteroatoms. The maximum Gasteiger partial charge on any atom is 0.230 e. The summed E-state index contributed by atoms with van der Waals surface area (Å²) in [6.07, 6.45) is 0. The number of hydrogen-bond acceptors (Lipinski definition) is 3. The van der Waals surface area contributed by atoms with Crippen LogP contribution in [-0.4, -0.2) is 10.8 Å². The van der Waals surface area contributed by atoms with E-state index in [1.54, 1.807) is 0 Å². The molecule has 0 spiro atoms. The largest absolute Gasteiger partial charge is 0.438 e. The van der Waals surface area contributed by atoms with E-state index in [0.29, 0.717) is 17.2 Å². The summed E-state index contributed by atoms with van der Waals surface area (Å²) in [5.74, 6) is 1.02. The Kier molecular flexibility index (Phi) is 4.09. The zero-order valence-corrected chi connectivity index (χ0v) is 13.2. The second-order valence-electron chi connectivity index (χ2n) is 4.69. The van der Waals surface area contributed by atoms with E-state index in [-0.39, 0.29) is 5.84 Å². The van der Waals surface area contributed by atoms with E-state index in [1.807, 2.05) is 45.0 Å². The number of nitrogens with one attached hydrogen (secondary N) is 1. The summed E-state index contributed by atoms with van der Waals surface area (Å²) in [5.41, 5.74) is 8.88. The van der Waals surface area contributed by atoms with Gasteiger partial charge in [0.05, 0.1) is 5.56 Å². The van der Waals surface area contributed by atoms with Gasteiger partial charge < -0.3 is 10.5 Å². The predicted octanol–water partition coefficient (Wildman–Crippen LogP) is 3.85. The minimum Gasteiger partial charge on any atom is -0.438 e. The highest BCUT2D eigenvalue weighted by molar-refractivity contribution is 9.10. The first-order valence-electron chi connectivity index (χ1n) is 6.15. The van der Waals surface area contributed by atoms with Crippen LogP contribution in [0.5, 0.6) is 11.6 Å². The van der Waals surface area contributed by atoms with E-state index in [4.69, 9.17) is 15.9 Å². The molecule has 0 amide bonds. The second kappa shape index (κ2) is 5.63. The fraction of sp³-hybridized carbons (Fsp3) is 0.200. The first kappa shape index (κ1) is 14.5. The zero-order chi connectivity index (χ0) is 14.9. The molecule has 3 N–H and O–H groups in total. The molecule has 0 unspecified atom stereocenters. The highest BCUT2D eigenvalue weighted by atomic mass is 79.9. The molecule has 0 radical (unpaired) electrons. The SMILES string of the molecule is Cc1cc(C)c(C(=N)N)c(Oc2cc(Br)ccc2C)n1. The maximum absolute atomic E-state index is 7.70. The van der Waals surface area contributed by atoms with Crippen molar-refractivity contribution in [1.82, 2.24) is 4.98 Å². The van der Waals surface area contributed by atoms with E-state index in [0.717, 1.165) is 21.3 Å². The van der Waals surface area contributed by atoms with E-state index in [9.17, 15) is 0 Å². The lowest BCUT2D eigenvalue weighted by atomic mass is 10.1. The summed E-state index contributed by atoms with van der Waals surface area (Å²) >= 11 is 3.42. The topological polar surface area (TPSA) is 72.0 Å². The average Bonchev–Trinajstić information content (AvgIpc) is 2.32. The lowest BCUT2D eigenvalue weighted by Crippen LogP contribution is -2.15. The normalized spacial score (nSPS) is 10.4. The molecule has 1 heterocycles. The van der Waals surface area contributed by atoms with Gasteiger partial charge in [-0.3, -0.25) is 5.41 Å². The standard InChI is InChI=1S/C15H16BrN3O/c1-8-4-5-11(16)7-12(8)20-15-13(14(17)18)9(2)6-10(3)19-15/h4-7H,1-3H3,(H3,17,18). The van der Waals surface area contributed by atoms with Gasteiger partial charge in [-0.1, -0.05) is 22.0 Å². The van der Waals surface area contributed by atoms with Gasteiger partial charge in [0.2, 0.25) is 5.88 Å². The van der Waals surface area contributed by atoms with Crippen LogP contribution in [0, 0.1) is 26.2 Å². The number of hydrogen-bond donors (Lipinski definition) is 2. The van der Waals surface area contributed by atoms with Gasteiger partial charge >= 0.3 is 0 Å². The summed E-state index contributed by atoms with van der Waals surface area (Å²) in [6, 6.07) is 7.66. The Labute approximate surface area is 126 Å². The quantitative estimate of drug-likeness (QED) is 0.662. The molecule has 0 aliphatic rings. The van der Waals surface area contributed by atoms with Gasteiger partial charge in [0, 0.05) is 10.2 Å². The van der Waals surface area contributed by atoms with Crippen LogP contribution in [0.25, 0.3) is 0 Å². The second-order valence-corrected chi connectivity index (χ2v) is 5.60. The molecule has 0 saturated carbocycles. The minimum atomic E-state index is -0.0438. The number of nitrogens with zero attached hydrogens (tertiary/aromatic N) is 1. The molecule has 2 aromatic rings. The van der Waals surface area contributed by atoms with Crippen LogP contribution >= 0.6 is 15.9 Å². The predicted molar refractivity (Wildman–Crippen MR) is 83.7 cm³/mol. The van der Waals surface area contributed by atoms with Crippen molar-refractivity contribution in [2.24, 2.45) is 5.73 Å². The molecule has 1 aromatic carbocycles. The number of nitrogen functional groups attached to an aromatic ring is 1. The number of aryl methyl sites for hydroxylation is 3. The highest BCUT2D eigenvalue weighted by Crippen LogP contribution is 2.30. The van der Waals surface area contributed by atoms with Crippen molar-refractivity contribution in [3.63, 3.8) is 0 Å². The molecule has 2 rings (SSSR count). The Balaban J connectivity index is 2.53. The fourth-order valence-corrected chi connectivity index (χ4v) is 2.33. The Morgan fingerprint density at radius 3 is 2.55 bits per heavy atom. The van der Waals surface area contributed by atoms with Gasteiger partial charge in [0.25, 0.3) is 0 Å². The van der Waals surface area contributed by atoms with Gasteiger partial charge in [-0.2, -0.15) is 0 Å². The number of aromatic nitrogens is 1. The van der Waals surface area contributed by atoms with Gasteiger partial charge in [-0.25, -0.2) is 4.98 Å². The van der Waals surface area contributed by atoms with Gasteiger partial charge in [-0.15, -0.1) is 0 Å². The number of amidine groups is 1. The zero-order valence-electron chi connectivity index (χ0n) is 11.6. The molecule has 0 saturated heterocycles. The average molecular weight is 334 g/mol. The fourth-order valence-electron chi connectivity index (χ4n) is 1.99. The maximum atomic E-state index is 7.70. The Bertz CT molecular complexity index is 683. The Morgan fingerprint density at radius 1 is 1.20 bits per heavy atom. The molecule has 1 aromatic heterocycles. The van der Waals surface area contributed by atoms with Crippen LogP contribution in [0.15, 0.2) is 28.7 Å². The third kappa shape index (κ3) is 2.99. The molecule has 0 bridgehead atoms.